The van der Waals surface area contributed by atoms with E-state index in [-0.39, 0.29) is 40.5 Å². The van der Waals surface area contributed by atoms with Gasteiger partial charge in [-0.05, 0) is 67.8 Å². The third kappa shape index (κ3) is 6.69. The van der Waals surface area contributed by atoms with Gasteiger partial charge in [0, 0.05) is 11.7 Å². The number of hydrogen-bond acceptors (Lipinski definition) is 8. The zero-order chi connectivity index (χ0) is 22.7. The summed E-state index contributed by atoms with van der Waals surface area (Å²) in [4.78, 5) is 3.96. The fourth-order valence-electron chi connectivity index (χ4n) is 3.35. The van der Waals surface area contributed by atoms with Crippen LogP contribution in [0.5, 0.6) is 0 Å². The minimum absolute atomic E-state index is 0. The van der Waals surface area contributed by atoms with Crippen molar-refractivity contribution in [2.24, 2.45) is 10.2 Å². The van der Waals surface area contributed by atoms with E-state index < -0.39 is 10.1 Å². The molecule has 4 rings (SSSR count). The first-order valence-corrected chi connectivity index (χ1v) is 12.2. The maximum absolute atomic E-state index is 11.2. The molecule has 1 N–H and O–H groups in total. The standard InChI is InChI=1S/C23H22N4O3S2.Na/c1-15-12-18(8-10-20(15)24-16(2)13-17-6-4-3-5-7-17)26-27-23-25-21-14-19(32(28,29)30)9-11-22(21)31-23;/h3-12,14,16,24H,13H2,1-2H3,(H,28,29,30);/q;+1/p-1. The molecule has 33 heavy (non-hydrogen) atoms. The average molecular weight is 489 g/mol. The zero-order valence-corrected chi connectivity index (χ0v) is 22.2. The van der Waals surface area contributed by atoms with Crippen molar-refractivity contribution in [3.8, 4) is 0 Å². The molecule has 0 aliphatic carbocycles. The minimum atomic E-state index is -4.52. The van der Waals surface area contributed by atoms with Crippen LogP contribution in [0.3, 0.4) is 0 Å². The summed E-state index contributed by atoms with van der Waals surface area (Å²) in [5, 5.41) is 12.4. The van der Waals surface area contributed by atoms with Gasteiger partial charge in [0.15, 0.2) is 0 Å². The Morgan fingerprint density at radius 3 is 2.52 bits per heavy atom. The summed E-state index contributed by atoms with van der Waals surface area (Å²) >= 11 is 1.27. The van der Waals surface area contributed by atoms with Gasteiger partial charge in [0.1, 0.15) is 10.1 Å². The van der Waals surface area contributed by atoms with Crippen LogP contribution in [0.25, 0.3) is 10.2 Å². The molecule has 10 heteroatoms. The number of azo groups is 1. The molecule has 4 aromatic rings. The molecule has 1 heterocycles. The number of rotatable bonds is 7. The van der Waals surface area contributed by atoms with E-state index in [1.165, 1.54) is 29.0 Å². The van der Waals surface area contributed by atoms with Crippen molar-refractivity contribution in [3.63, 3.8) is 0 Å². The maximum atomic E-state index is 11.2. The molecular formula is C23H21N4NaO3S2. The van der Waals surface area contributed by atoms with Crippen LogP contribution in [-0.2, 0) is 16.5 Å². The van der Waals surface area contributed by atoms with Gasteiger partial charge in [-0.15, -0.1) is 10.2 Å². The van der Waals surface area contributed by atoms with Gasteiger partial charge < -0.3 is 9.87 Å². The summed E-state index contributed by atoms with van der Waals surface area (Å²) in [5.74, 6) is 0. The summed E-state index contributed by atoms with van der Waals surface area (Å²) in [6, 6.07) is 20.5. The maximum Gasteiger partial charge on any atom is 1.00 e. The van der Waals surface area contributed by atoms with Crippen LogP contribution in [0, 0.1) is 6.92 Å². The monoisotopic (exact) mass is 488 g/mol. The molecule has 3 aromatic carbocycles. The van der Waals surface area contributed by atoms with Crippen molar-refractivity contribution in [3.05, 3.63) is 77.9 Å². The Morgan fingerprint density at radius 1 is 1.06 bits per heavy atom. The van der Waals surface area contributed by atoms with Crippen molar-refractivity contribution in [1.29, 1.82) is 0 Å². The van der Waals surface area contributed by atoms with E-state index in [2.05, 4.69) is 39.6 Å². The molecule has 1 atom stereocenters. The molecular weight excluding hydrogens is 467 g/mol. The number of anilines is 1. The van der Waals surface area contributed by atoms with Crippen LogP contribution in [-0.4, -0.2) is 24.0 Å². The Morgan fingerprint density at radius 2 is 1.82 bits per heavy atom. The summed E-state index contributed by atoms with van der Waals surface area (Å²) in [5.41, 5.74) is 4.47. The Bertz CT molecular complexity index is 1390. The topological polar surface area (TPSA) is 107 Å². The van der Waals surface area contributed by atoms with Crippen LogP contribution in [0.4, 0.5) is 16.5 Å². The van der Waals surface area contributed by atoms with Crippen molar-refractivity contribution in [2.75, 3.05) is 5.32 Å². The Kier molecular flexibility index (Phi) is 8.38. The molecule has 0 spiro atoms. The molecule has 0 fully saturated rings. The van der Waals surface area contributed by atoms with E-state index in [4.69, 9.17) is 0 Å². The van der Waals surface area contributed by atoms with Gasteiger partial charge in [0.2, 0.25) is 5.13 Å². The van der Waals surface area contributed by atoms with Gasteiger partial charge in [-0.2, -0.15) is 0 Å². The van der Waals surface area contributed by atoms with Gasteiger partial charge in [-0.3, -0.25) is 0 Å². The molecule has 1 aromatic heterocycles. The molecule has 0 amide bonds. The first-order valence-electron chi connectivity index (χ1n) is 9.97. The number of hydrogen-bond donors (Lipinski definition) is 1. The third-order valence-electron chi connectivity index (χ3n) is 4.88. The first kappa shape index (κ1) is 25.5. The smallest absolute Gasteiger partial charge is 0.744 e. The molecule has 0 radical (unpaired) electrons. The number of benzene rings is 3. The molecule has 1 unspecified atom stereocenters. The second-order valence-corrected chi connectivity index (χ2v) is 9.90. The van der Waals surface area contributed by atoms with Crippen molar-refractivity contribution in [1.82, 2.24) is 4.98 Å². The Labute approximate surface area is 219 Å². The number of nitrogens with one attached hydrogen (secondary N) is 1. The van der Waals surface area contributed by atoms with Crippen molar-refractivity contribution >= 4 is 48.2 Å². The minimum Gasteiger partial charge on any atom is -0.744 e. The van der Waals surface area contributed by atoms with E-state index in [9.17, 15) is 13.0 Å². The van der Waals surface area contributed by atoms with Crippen LogP contribution in [0.1, 0.15) is 18.1 Å². The normalized spacial score (nSPS) is 12.6. The van der Waals surface area contributed by atoms with Crippen molar-refractivity contribution in [2.45, 2.75) is 31.2 Å². The molecule has 0 bridgehead atoms. The molecule has 0 saturated heterocycles. The Balaban J connectivity index is 0.00000306. The second-order valence-electron chi connectivity index (χ2n) is 7.51. The largest absolute Gasteiger partial charge is 1.00 e. The number of thiazole rings is 1. The predicted molar refractivity (Wildman–Crippen MR) is 126 cm³/mol. The molecule has 0 aliphatic heterocycles. The van der Waals surface area contributed by atoms with Crippen molar-refractivity contribution < 1.29 is 42.5 Å². The molecule has 164 valence electrons. The van der Waals surface area contributed by atoms with E-state index in [1.807, 2.05) is 43.3 Å². The van der Waals surface area contributed by atoms with E-state index >= 15 is 0 Å². The SMILES string of the molecule is Cc1cc(N=Nc2nc3cc(S(=O)(=O)[O-])ccc3s2)ccc1NC(C)Cc1ccccc1.[Na+]. The van der Waals surface area contributed by atoms with Crippen LogP contribution < -0.4 is 34.9 Å². The summed E-state index contributed by atoms with van der Waals surface area (Å²) in [7, 11) is -4.52. The fraction of sp³-hybridized carbons (Fsp3) is 0.174. The predicted octanol–water partition coefficient (Wildman–Crippen LogP) is 2.97. The molecule has 7 nitrogen and oxygen atoms in total. The summed E-state index contributed by atoms with van der Waals surface area (Å²) in [6.07, 6.45) is 0.925. The Hall–Kier alpha value is -2.14. The van der Waals surface area contributed by atoms with Crippen LogP contribution >= 0.6 is 11.3 Å². The first-order chi connectivity index (χ1) is 15.3. The van der Waals surface area contributed by atoms with Gasteiger partial charge in [0.25, 0.3) is 0 Å². The van der Waals surface area contributed by atoms with E-state index in [1.54, 1.807) is 6.07 Å². The summed E-state index contributed by atoms with van der Waals surface area (Å²) in [6.45, 7) is 4.16. The third-order valence-corrected chi connectivity index (χ3v) is 6.64. The number of aryl methyl sites for hydroxylation is 1. The van der Waals surface area contributed by atoms with Gasteiger partial charge in [-0.1, -0.05) is 41.7 Å². The second kappa shape index (κ2) is 10.9. The summed E-state index contributed by atoms with van der Waals surface area (Å²) < 4.78 is 34.3. The van der Waals surface area contributed by atoms with Gasteiger partial charge >= 0.3 is 29.6 Å². The van der Waals surface area contributed by atoms with E-state index in [0.717, 1.165) is 22.4 Å². The van der Waals surface area contributed by atoms with E-state index in [0.29, 0.717) is 16.3 Å². The van der Waals surface area contributed by atoms with Crippen LogP contribution in [0.15, 0.2) is 81.9 Å². The molecule has 0 aliphatic rings. The number of aromatic nitrogens is 1. The average Bonchev–Trinajstić information content (AvgIpc) is 3.16. The van der Waals surface area contributed by atoms with Gasteiger partial charge in [0.05, 0.1) is 20.8 Å². The molecule has 0 saturated carbocycles. The van der Waals surface area contributed by atoms with Gasteiger partial charge in [-0.25, -0.2) is 13.4 Å². The quantitative estimate of drug-likeness (QED) is 0.245. The van der Waals surface area contributed by atoms with Crippen LogP contribution in [0.2, 0.25) is 0 Å². The number of fused-ring (bicyclic) bond motifs is 1. The zero-order valence-electron chi connectivity index (χ0n) is 18.5. The fourth-order valence-corrected chi connectivity index (χ4v) is 4.61. The number of nitrogens with zero attached hydrogens (tertiary/aromatic N) is 3.